The summed E-state index contributed by atoms with van der Waals surface area (Å²) in [5, 5.41) is 25.1. The van der Waals surface area contributed by atoms with Gasteiger partial charge in [-0.05, 0) is 37.5 Å². The van der Waals surface area contributed by atoms with E-state index in [1.54, 1.807) is 23.5 Å². The van der Waals surface area contributed by atoms with Crippen LogP contribution in [0.15, 0.2) is 0 Å². The fraction of sp³-hybridized carbons (Fsp3) is 0.905. The molecule has 2 heterocycles. The number of hydrogen-bond donors (Lipinski definition) is 0. The van der Waals surface area contributed by atoms with Gasteiger partial charge in [0.1, 0.15) is 0 Å². The van der Waals surface area contributed by atoms with Crippen LogP contribution in [0.2, 0.25) is 0 Å². The van der Waals surface area contributed by atoms with Crippen molar-refractivity contribution in [2.45, 2.75) is 100 Å². The number of thioether (sulfide) groups is 2. The van der Waals surface area contributed by atoms with Gasteiger partial charge in [-0.3, -0.25) is 0 Å². The van der Waals surface area contributed by atoms with Crippen LogP contribution in [-0.2, 0) is 9.59 Å². The molecule has 0 saturated carbocycles. The molecule has 0 aliphatic carbocycles. The number of rotatable bonds is 4. The molecular weight excluding hydrogens is 380 g/mol. The molecule has 0 N–H and O–H groups in total. The zero-order chi connectivity index (χ0) is 21.1. The zero-order valence-electron chi connectivity index (χ0n) is 17.9. The maximum absolute atomic E-state index is 12.6. The average Bonchev–Trinajstić information content (AvgIpc) is 2.29. The molecule has 2 rings (SSSR count). The first-order chi connectivity index (χ1) is 11.9. The zero-order valence-corrected chi connectivity index (χ0v) is 19.6. The van der Waals surface area contributed by atoms with Crippen LogP contribution in [0, 0.1) is 17.3 Å². The highest BCUT2D eigenvalue weighted by Crippen LogP contribution is 2.60. The summed E-state index contributed by atoms with van der Waals surface area (Å²) < 4.78 is -0.790. The largest absolute Gasteiger partial charge is 0.549 e. The minimum absolute atomic E-state index is 0.197. The molecule has 156 valence electrons. The van der Waals surface area contributed by atoms with E-state index in [9.17, 15) is 19.8 Å². The Morgan fingerprint density at radius 1 is 0.667 bits per heavy atom. The molecule has 2 fully saturated rings. The highest BCUT2D eigenvalue weighted by atomic mass is 32.2. The Kier molecular flexibility index (Phi) is 5.82. The number of carboxylic acids is 2. The van der Waals surface area contributed by atoms with E-state index in [0.717, 1.165) is 0 Å². The fourth-order valence-electron chi connectivity index (χ4n) is 5.91. The molecule has 0 unspecified atom stereocenters. The predicted octanol–water partition coefficient (Wildman–Crippen LogP) is 2.87. The summed E-state index contributed by atoms with van der Waals surface area (Å²) >= 11 is 3.61. The van der Waals surface area contributed by atoms with E-state index in [1.165, 1.54) is 0 Å². The number of carbonyl (C=O) groups is 2. The van der Waals surface area contributed by atoms with E-state index in [-0.39, 0.29) is 19.0 Å². The molecule has 0 atom stereocenters. The van der Waals surface area contributed by atoms with Crippen molar-refractivity contribution in [3.05, 3.63) is 0 Å². The van der Waals surface area contributed by atoms with Crippen LogP contribution in [0.3, 0.4) is 0 Å². The summed E-state index contributed by atoms with van der Waals surface area (Å²) in [5.74, 6) is -3.93. The molecule has 2 aliphatic heterocycles. The lowest BCUT2D eigenvalue weighted by Gasteiger charge is -2.58. The summed E-state index contributed by atoms with van der Waals surface area (Å²) in [6.07, 6.45) is 2.14. The molecule has 0 aromatic carbocycles. The van der Waals surface area contributed by atoms with Gasteiger partial charge >= 0.3 is 0 Å². The first-order valence-electron chi connectivity index (χ1n) is 9.76. The molecule has 0 spiro atoms. The Labute approximate surface area is 172 Å². The van der Waals surface area contributed by atoms with E-state index >= 15 is 0 Å². The van der Waals surface area contributed by atoms with Crippen molar-refractivity contribution in [2.24, 2.45) is 17.3 Å². The molecule has 4 nitrogen and oxygen atoms in total. The van der Waals surface area contributed by atoms with Crippen LogP contribution in [-0.4, -0.2) is 30.9 Å². The van der Waals surface area contributed by atoms with Crippen molar-refractivity contribution in [2.75, 3.05) is 0 Å². The van der Waals surface area contributed by atoms with Crippen LogP contribution in [0.4, 0.5) is 0 Å². The van der Waals surface area contributed by atoms with Gasteiger partial charge in [-0.15, -0.1) is 23.5 Å². The third-order valence-electron chi connectivity index (χ3n) is 6.02. The maximum atomic E-state index is 12.6. The van der Waals surface area contributed by atoms with Crippen molar-refractivity contribution < 1.29 is 19.8 Å². The molecule has 2 saturated heterocycles. The van der Waals surface area contributed by atoms with Gasteiger partial charge < -0.3 is 19.8 Å². The van der Waals surface area contributed by atoms with Gasteiger partial charge in [-0.1, -0.05) is 55.4 Å². The van der Waals surface area contributed by atoms with E-state index in [0.29, 0.717) is 25.7 Å². The van der Waals surface area contributed by atoms with Gasteiger partial charge in [-0.2, -0.15) is 0 Å². The molecule has 0 radical (unpaired) electrons. The van der Waals surface area contributed by atoms with E-state index in [1.807, 2.05) is 0 Å². The number of hydrogen-bond acceptors (Lipinski definition) is 6. The fourth-order valence-corrected chi connectivity index (χ4v) is 10.0. The van der Waals surface area contributed by atoms with E-state index in [2.05, 4.69) is 55.4 Å². The molecule has 0 bridgehead atoms. The Balaban J connectivity index is 2.60. The summed E-state index contributed by atoms with van der Waals surface area (Å²) in [4.78, 5) is 25.1. The van der Waals surface area contributed by atoms with E-state index in [4.69, 9.17) is 0 Å². The van der Waals surface area contributed by atoms with Crippen LogP contribution < -0.4 is 10.2 Å². The van der Waals surface area contributed by atoms with Gasteiger partial charge in [0.15, 0.2) is 0 Å². The molecule has 0 amide bonds. The SMILES string of the molecule is CC1(C)CC(C(C(=O)[O-])(C(=O)[O-])C2CC(C)(C)SC(C)(C)C2)CC(C)(C)S1. The lowest BCUT2D eigenvalue weighted by Crippen LogP contribution is -2.65. The van der Waals surface area contributed by atoms with Gasteiger partial charge in [0, 0.05) is 19.0 Å². The maximum Gasteiger partial charge on any atom is 0.0552 e. The normalized spacial score (nSPS) is 27.9. The summed E-state index contributed by atoms with van der Waals surface area (Å²) in [6, 6.07) is 0. The van der Waals surface area contributed by atoms with Crippen LogP contribution in [0.5, 0.6) is 0 Å². The minimum atomic E-state index is -1.95. The first kappa shape index (κ1) is 22.9. The Bertz CT molecular complexity index is 536. The molecule has 0 aromatic heterocycles. The lowest BCUT2D eigenvalue weighted by atomic mass is 9.58. The molecular formula is C21H34O4S2-2. The van der Waals surface area contributed by atoms with Gasteiger partial charge in [0.25, 0.3) is 0 Å². The van der Waals surface area contributed by atoms with Crippen LogP contribution >= 0.6 is 23.5 Å². The summed E-state index contributed by atoms with van der Waals surface area (Å²) in [5.41, 5.74) is -1.95. The highest BCUT2D eigenvalue weighted by Gasteiger charge is 2.57. The number of carbonyl (C=O) groups excluding carboxylic acids is 2. The monoisotopic (exact) mass is 414 g/mol. The summed E-state index contributed by atoms with van der Waals surface area (Å²) in [6.45, 7) is 16.6. The Morgan fingerprint density at radius 3 is 1.07 bits per heavy atom. The lowest BCUT2D eigenvalue weighted by molar-refractivity contribution is -0.352. The van der Waals surface area contributed by atoms with Crippen molar-refractivity contribution >= 4 is 35.5 Å². The Morgan fingerprint density at radius 2 is 0.889 bits per heavy atom. The van der Waals surface area contributed by atoms with Gasteiger partial charge in [0.05, 0.1) is 17.4 Å². The second-order valence-electron chi connectivity index (χ2n) is 10.9. The highest BCUT2D eigenvalue weighted by molar-refractivity contribution is 8.02. The van der Waals surface area contributed by atoms with E-state index < -0.39 is 29.2 Å². The van der Waals surface area contributed by atoms with Crippen molar-refractivity contribution in [3.8, 4) is 0 Å². The second kappa shape index (κ2) is 6.86. The number of carboxylic acid groups (broad SMARTS) is 2. The van der Waals surface area contributed by atoms with Crippen molar-refractivity contribution in [1.29, 1.82) is 0 Å². The van der Waals surface area contributed by atoms with Gasteiger partial charge in [-0.25, -0.2) is 0 Å². The Hall–Kier alpha value is -0.360. The average molecular weight is 415 g/mol. The van der Waals surface area contributed by atoms with Crippen molar-refractivity contribution in [1.82, 2.24) is 0 Å². The molecule has 6 heteroatoms. The first-order valence-corrected chi connectivity index (χ1v) is 11.4. The molecule has 27 heavy (non-hydrogen) atoms. The third kappa shape index (κ3) is 4.63. The molecule has 2 aliphatic rings. The van der Waals surface area contributed by atoms with Crippen LogP contribution in [0.1, 0.15) is 81.1 Å². The second-order valence-corrected chi connectivity index (χ2v) is 15.7. The quantitative estimate of drug-likeness (QED) is 0.658. The van der Waals surface area contributed by atoms with Crippen molar-refractivity contribution in [3.63, 3.8) is 0 Å². The number of aliphatic carboxylic acids is 2. The minimum Gasteiger partial charge on any atom is -0.549 e. The van der Waals surface area contributed by atoms with Gasteiger partial charge in [0.2, 0.25) is 0 Å². The van der Waals surface area contributed by atoms with Crippen LogP contribution in [0.25, 0.3) is 0 Å². The smallest absolute Gasteiger partial charge is 0.0552 e. The topological polar surface area (TPSA) is 80.3 Å². The predicted molar refractivity (Wildman–Crippen MR) is 109 cm³/mol. The standard InChI is InChI=1S/C21H36O4S2/c1-17(2)9-13(10-18(3,4)26-17)21(15(22)23,16(24)25)14-11-19(5,6)27-20(7,8)12-14/h13-14H,9-12H2,1-8H3,(H,22,23)(H,24,25)/p-2. The third-order valence-corrected chi connectivity index (χ3v) is 8.90. The molecule has 0 aromatic rings. The summed E-state index contributed by atoms with van der Waals surface area (Å²) in [7, 11) is 0.